The lowest BCUT2D eigenvalue weighted by Crippen LogP contribution is -2.32. The van der Waals surface area contributed by atoms with Gasteiger partial charge in [-0.05, 0) is 56.2 Å². The van der Waals surface area contributed by atoms with E-state index in [0.29, 0.717) is 22.0 Å². The lowest BCUT2D eigenvalue weighted by Gasteiger charge is -2.18. The SMILES string of the molecule is COc1ccc(-c2csc(NC(=O)C(C)n3c(=O)cc(C)c4c(C)nn(-c5ccccc5)c43)c2C#N)cc1. The second kappa shape index (κ2) is 10.00. The number of benzene rings is 2. The molecule has 0 aliphatic heterocycles. The quantitative estimate of drug-likeness (QED) is 0.312. The van der Waals surface area contributed by atoms with Crippen molar-refractivity contribution in [1.29, 1.82) is 5.26 Å². The van der Waals surface area contributed by atoms with Crippen LogP contribution in [-0.4, -0.2) is 27.4 Å². The number of anilines is 1. The molecule has 190 valence electrons. The molecule has 3 aromatic heterocycles. The Morgan fingerprint density at radius 3 is 2.50 bits per heavy atom. The van der Waals surface area contributed by atoms with Gasteiger partial charge in [-0.15, -0.1) is 11.3 Å². The molecule has 0 spiro atoms. The number of pyridine rings is 1. The van der Waals surface area contributed by atoms with Crippen LogP contribution in [0.4, 0.5) is 5.00 Å². The minimum atomic E-state index is -0.873. The fourth-order valence-corrected chi connectivity index (χ4v) is 5.55. The van der Waals surface area contributed by atoms with Crippen molar-refractivity contribution in [2.75, 3.05) is 12.4 Å². The summed E-state index contributed by atoms with van der Waals surface area (Å²) >= 11 is 1.27. The molecular formula is C29H25N5O3S. The Bertz CT molecular complexity index is 1760. The molecule has 1 amide bonds. The van der Waals surface area contributed by atoms with E-state index in [4.69, 9.17) is 9.84 Å². The summed E-state index contributed by atoms with van der Waals surface area (Å²) in [7, 11) is 1.59. The van der Waals surface area contributed by atoms with Gasteiger partial charge in [-0.1, -0.05) is 30.3 Å². The molecule has 0 aliphatic rings. The second-order valence-corrected chi connectivity index (χ2v) is 9.81. The molecule has 1 atom stereocenters. The summed E-state index contributed by atoms with van der Waals surface area (Å²) < 4.78 is 8.39. The average molecular weight is 524 g/mol. The van der Waals surface area contributed by atoms with E-state index in [1.807, 2.05) is 73.8 Å². The first kappa shape index (κ1) is 25.0. The van der Waals surface area contributed by atoms with Gasteiger partial charge in [0.1, 0.15) is 28.5 Å². The molecule has 0 saturated heterocycles. The highest BCUT2D eigenvalue weighted by Crippen LogP contribution is 2.36. The number of hydrogen-bond donors (Lipinski definition) is 1. The van der Waals surface area contributed by atoms with Gasteiger partial charge in [-0.3, -0.25) is 14.2 Å². The van der Waals surface area contributed by atoms with Gasteiger partial charge in [-0.2, -0.15) is 10.4 Å². The number of hydrogen-bond acceptors (Lipinski definition) is 6. The molecule has 0 bridgehead atoms. The first-order valence-electron chi connectivity index (χ1n) is 12.0. The minimum absolute atomic E-state index is 0.305. The van der Waals surface area contributed by atoms with Crippen LogP contribution in [0.1, 0.15) is 29.8 Å². The van der Waals surface area contributed by atoms with Crippen molar-refractivity contribution in [3.8, 4) is 28.6 Å². The van der Waals surface area contributed by atoms with E-state index in [-0.39, 0.29) is 5.56 Å². The van der Waals surface area contributed by atoms with Gasteiger partial charge in [0.05, 0.1) is 24.1 Å². The molecule has 1 unspecified atom stereocenters. The molecule has 0 saturated carbocycles. The van der Waals surface area contributed by atoms with Crippen LogP contribution < -0.4 is 15.6 Å². The maximum absolute atomic E-state index is 13.5. The zero-order chi connectivity index (χ0) is 27.0. The van der Waals surface area contributed by atoms with Crippen molar-refractivity contribution in [3.05, 3.63) is 93.2 Å². The fraction of sp³-hybridized carbons (Fsp3) is 0.172. The topological polar surface area (TPSA) is 102 Å². The lowest BCUT2D eigenvalue weighted by atomic mass is 10.0. The minimum Gasteiger partial charge on any atom is -0.497 e. The highest BCUT2D eigenvalue weighted by molar-refractivity contribution is 7.15. The highest BCUT2D eigenvalue weighted by Gasteiger charge is 2.25. The Morgan fingerprint density at radius 2 is 1.84 bits per heavy atom. The number of thiophene rings is 1. The number of aryl methyl sites for hydroxylation is 2. The number of fused-ring (bicyclic) bond motifs is 1. The van der Waals surface area contributed by atoms with Crippen LogP contribution in [0.15, 0.2) is 70.8 Å². The molecule has 9 heteroatoms. The number of amides is 1. The molecule has 38 heavy (non-hydrogen) atoms. The van der Waals surface area contributed by atoms with Crippen LogP contribution in [0.2, 0.25) is 0 Å². The maximum Gasteiger partial charge on any atom is 0.253 e. The normalized spacial score (nSPS) is 11.8. The lowest BCUT2D eigenvalue weighted by molar-refractivity contribution is -0.118. The molecule has 0 fully saturated rings. The smallest absolute Gasteiger partial charge is 0.253 e. The number of aromatic nitrogens is 3. The molecule has 8 nitrogen and oxygen atoms in total. The van der Waals surface area contributed by atoms with Crippen molar-refractivity contribution in [3.63, 3.8) is 0 Å². The number of ether oxygens (including phenoxy) is 1. The number of carbonyl (C=O) groups excluding carboxylic acids is 1. The Balaban J connectivity index is 1.55. The van der Waals surface area contributed by atoms with Crippen LogP contribution >= 0.6 is 11.3 Å². The van der Waals surface area contributed by atoms with Gasteiger partial charge in [0.25, 0.3) is 5.56 Å². The molecule has 0 radical (unpaired) electrons. The van der Waals surface area contributed by atoms with Crippen molar-refractivity contribution in [2.24, 2.45) is 0 Å². The Morgan fingerprint density at radius 1 is 1.13 bits per heavy atom. The maximum atomic E-state index is 13.5. The molecule has 2 aromatic carbocycles. The fourth-order valence-electron chi connectivity index (χ4n) is 4.63. The monoisotopic (exact) mass is 523 g/mol. The number of nitriles is 1. The van der Waals surface area contributed by atoms with Crippen LogP contribution in [0.3, 0.4) is 0 Å². The number of carbonyl (C=O) groups is 1. The van der Waals surface area contributed by atoms with Gasteiger partial charge >= 0.3 is 0 Å². The largest absolute Gasteiger partial charge is 0.497 e. The number of para-hydroxylation sites is 1. The zero-order valence-electron chi connectivity index (χ0n) is 21.4. The van der Waals surface area contributed by atoms with Crippen LogP contribution in [0, 0.1) is 25.2 Å². The highest BCUT2D eigenvalue weighted by atomic mass is 32.1. The van der Waals surface area contributed by atoms with Crippen molar-refractivity contribution in [1.82, 2.24) is 14.3 Å². The predicted molar refractivity (Wildman–Crippen MR) is 149 cm³/mol. The van der Waals surface area contributed by atoms with E-state index in [0.717, 1.165) is 33.5 Å². The number of nitrogens with zero attached hydrogens (tertiary/aromatic N) is 4. The van der Waals surface area contributed by atoms with Crippen molar-refractivity contribution in [2.45, 2.75) is 26.8 Å². The molecular weight excluding hydrogens is 498 g/mol. The summed E-state index contributed by atoms with van der Waals surface area (Å²) in [5.74, 6) is 0.306. The van der Waals surface area contributed by atoms with E-state index in [2.05, 4.69) is 11.4 Å². The van der Waals surface area contributed by atoms with Crippen LogP contribution in [0.25, 0.3) is 27.8 Å². The summed E-state index contributed by atoms with van der Waals surface area (Å²) in [5, 5.41) is 20.6. The number of nitrogens with one attached hydrogen (secondary N) is 1. The van der Waals surface area contributed by atoms with Crippen LogP contribution in [-0.2, 0) is 4.79 Å². The van der Waals surface area contributed by atoms with Gasteiger partial charge < -0.3 is 10.1 Å². The number of rotatable bonds is 6. The summed E-state index contributed by atoms with van der Waals surface area (Å²) in [5.41, 5.74) is 4.51. The third kappa shape index (κ3) is 4.25. The van der Waals surface area contributed by atoms with E-state index in [1.165, 1.54) is 22.0 Å². The van der Waals surface area contributed by atoms with Crippen molar-refractivity contribution >= 4 is 33.3 Å². The second-order valence-electron chi connectivity index (χ2n) is 8.93. The molecule has 3 heterocycles. The third-order valence-corrected chi connectivity index (χ3v) is 7.44. The van der Waals surface area contributed by atoms with E-state index in [1.54, 1.807) is 18.7 Å². The predicted octanol–water partition coefficient (Wildman–Crippen LogP) is 5.61. The Kier molecular flexibility index (Phi) is 6.57. The van der Waals surface area contributed by atoms with Gasteiger partial charge in [0.2, 0.25) is 5.91 Å². The van der Waals surface area contributed by atoms with Gasteiger partial charge in [0.15, 0.2) is 0 Å². The van der Waals surface area contributed by atoms with Gasteiger partial charge in [0, 0.05) is 22.4 Å². The summed E-state index contributed by atoms with van der Waals surface area (Å²) in [6, 6.07) is 19.8. The standard InChI is InChI=1S/C29H25N5O3S/c1-17-14-25(35)33(29-26(17)18(2)32-34(29)21-8-6-5-7-9-21)19(3)27(36)31-28-23(15-30)24(16-38-28)20-10-12-22(37-4)13-11-20/h5-14,16,19H,1-4H3,(H,31,36). The summed E-state index contributed by atoms with van der Waals surface area (Å²) in [4.78, 5) is 26.8. The molecule has 1 N–H and O–H groups in total. The molecule has 0 aliphatic carbocycles. The average Bonchev–Trinajstić information content (AvgIpc) is 3.49. The van der Waals surface area contributed by atoms with E-state index < -0.39 is 11.9 Å². The summed E-state index contributed by atoms with van der Waals surface area (Å²) in [6.45, 7) is 5.43. The molecule has 5 aromatic rings. The zero-order valence-corrected chi connectivity index (χ0v) is 22.2. The first-order chi connectivity index (χ1) is 18.3. The van der Waals surface area contributed by atoms with E-state index in [9.17, 15) is 14.9 Å². The molecule has 5 rings (SSSR count). The van der Waals surface area contributed by atoms with E-state index >= 15 is 0 Å². The third-order valence-electron chi connectivity index (χ3n) is 6.54. The Hall–Kier alpha value is -4.68. The van der Waals surface area contributed by atoms with Crippen molar-refractivity contribution < 1.29 is 9.53 Å². The number of methoxy groups -OCH3 is 1. The van der Waals surface area contributed by atoms with Crippen LogP contribution in [0.5, 0.6) is 5.75 Å². The first-order valence-corrected chi connectivity index (χ1v) is 12.9. The van der Waals surface area contributed by atoms with Gasteiger partial charge in [-0.25, -0.2) is 4.68 Å². The summed E-state index contributed by atoms with van der Waals surface area (Å²) in [6.07, 6.45) is 0. The Labute approximate surface area is 223 Å².